The van der Waals surface area contributed by atoms with Gasteiger partial charge in [-0.3, -0.25) is 4.90 Å². The molecule has 9 nitrogen and oxygen atoms in total. The second-order valence-corrected chi connectivity index (χ2v) is 11.0. The average Bonchev–Trinajstić information content (AvgIpc) is 3.13. The van der Waals surface area contributed by atoms with E-state index in [1.807, 2.05) is 13.0 Å². The zero-order chi connectivity index (χ0) is 23.8. The highest BCUT2D eigenvalue weighted by Crippen LogP contribution is 2.31. The van der Waals surface area contributed by atoms with Crippen molar-refractivity contribution in [2.75, 3.05) is 30.7 Å². The Bertz CT molecular complexity index is 1280. The lowest BCUT2D eigenvalue weighted by Crippen LogP contribution is -2.38. The van der Waals surface area contributed by atoms with Crippen molar-refractivity contribution in [1.82, 2.24) is 9.88 Å². The molecule has 4 rings (SSSR count). The fraction of sp³-hybridized carbons (Fsp3) is 0.381. The molecule has 5 N–H and O–H groups in total. The Morgan fingerprint density at radius 2 is 2.03 bits per heavy atom. The quantitative estimate of drug-likeness (QED) is 0.273. The highest BCUT2D eigenvalue weighted by Gasteiger charge is 2.22. The Morgan fingerprint density at radius 1 is 1.30 bits per heavy atom. The third-order valence-electron chi connectivity index (χ3n) is 5.50. The minimum Gasteiger partial charge on any atom is -0.493 e. The van der Waals surface area contributed by atoms with Gasteiger partial charge >= 0.3 is 0 Å². The number of halogens is 2. The minimum absolute atomic E-state index is 0.0156. The fourth-order valence-corrected chi connectivity index (χ4v) is 5.46. The molecule has 0 bridgehead atoms. The summed E-state index contributed by atoms with van der Waals surface area (Å²) < 4.78 is 35.7. The number of nitrogen functional groups attached to an aromatic ring is 1. The number of ether oxygens (including phenoxy) is 1. The van der Waals surface area contributed by atoms with E-state index in [2.05, 4.69) is 43.9 Å². The summed E-state index contributed by atoms with van der Waals surface area (Å²) >= 11 is 8.25. The van der Waals surface area contributed by atoms with E-state index in [-0.39, 0.29) is 16.0 Å². The first-order valence-corrected chi connectivity index (χ1v) is 13.5. The van der Waals surface area contributed by atoms with E-state index in [1.54, 1.807) is 0 Å². The number of hydrogen-bond donors (Lipinski definition) is 3. The number of primary sulfonamides is 1. The summed E-state index contributed by atoms with van der Waals surface area (Å²) in [5, 5.41) is 8.52. The molecule has 0 atom stereocenters. The summed E-state index contributed by atoms with van der Waals surface area (Å²) in [6.45, 7) is 5.15. The van der Waals surface area contributed by atoms with Crippen LogP contribution in [-0.2, 0) is 16.6 Å². The second-order valence-electron chi connectivity index (χ2n) is 7.94. The third-order valence-corrected chi connectivity index (χ3v) is 8.03. The first-order valence-electron chi connectivity index (χ1n) is 10.5. The molecule has 0 radical (unpaired) electrons. The molecule has 0 spiro atoms. The smallest absolute Gasteiger partial charge is 0.295 e. The van der Waals surface area contributed by atoms with E-state index in [1.165, 1.54) is 12.1 Å². The number of piperidine rings is 1. The van der Waals surface area contributed by atoms with Gasteiger partial charge in [-0.2, -0.15) is 4.98 Å². The molecule has 178 valence electrons. The molecule has 33 heavy (non-hydrogen) atoms. The van der Waals surface area contributed by atoms with Gasteiger partial charge in [-0.05, 0) is 66.1 Å². The Kier molecular flexibility index (Phi) is 7.24. The predicted octanol–water partition coefficient (Wildman–Crippen LogP) is 3.79. The van der Waals surface area contributed by atoms with E-state index >= 15 is 0 Å². The zero-order valence-electron chi connectivity index (χ0n) is 18.0. The van der Waals surface area contributed by atoms with Crippen LogP contribution < -0.4 is 20.9 Å². The number of sulfonamides is 1. The van der Waals surface area contributed by atoms with E-state index in [0.29, 0.717) is 23.7 Å². The van der Waals surface area contributed by atoms with Crippen molar-refractivity contribution >= 4 is 67.0 Å². The van der Waals surface area contributed by atoms with E-state index < -0.39 is 10.0 Å². The van der Waals surface area contributed by atoms with Gasteiger partial charge in [0.05, 0.1) is 15.2 Å². The molecule has 2 aromatic carbocycles. The molecule has 1 aliphatic heterocycles. The monoisotopic (exact) mass is 605 g/mol. The van der Waals surface area contributed by atoms with Gasteiger partial charge in [-0.15, -0.1) is 0 Å². The van der Waals surface area contributed by atoms with Crippen molar-refractivity contribution < 1.29 is 17.6 Å². The van der Waals surface area contributed by atoms with Crippen molar-refractivity contribution in [2.45, 2.75) is 37.2 Å². The number of rotatable bonds is 7. The molecule has 2 heterocycles. The lowest BCUT2D eigenvalue weighted by Gasteiger charge is -2.32. The van der Waals surface area contributed by atoms with E-state index in [0.717, 1.165) is 53.0 Å². The van der Waals surface area contributed by atoms with Crippen LogP contribution in [0.2, 0.25) is 5.02 Å². The maximum absolute atomic E-state index is 11.7. The van der Waals surface area contributed by atoms with Gasteiger partial charge in [0.15, 0.2) is 5.58 Å². The van der Waals surface area contributed by atoms with Gasteiger partial charge in [0.25, 0.3) is 6.01 Å². The molecule has 0 saturated carbocycles. The molecule has 12 heteroatoms. The number of benzene rings is 2. The number of hydrogen-bond acceptors (Lipinski definition) is 8. The van der Waals surface area contributed by atoms with E-state index in [9.17, 15) is 8.42 Å². The van der Waals surface area contributed by atoms with Crippen LogP contribution in [0.3, 0.4) is 0 Å². The predicted molar refractivity (Wildman–Crippen MR) is 137 cm³/mol. The number of likely N-dealkylation sites (tertiary alicyclic amines) is 1. The van der Waals surface area contributed by atoms with Crippen molar-refractivity contribution in [3.8, 4) is 5.75 Å². The third kappa shape index (κ3) is 5.65. The van der Waals surface area contributed by atoms with Crippen LogP contribution in [-0.4, -0.2) is 44.0 Å². The van der Waals surface area contributed by atoms with Crippen LogP contribution in [0.4, 0.5) is 11.7 Å². The second kappa shape index (κ2) is 9.82. The maximum atomic E-state index is 11.7. The lowest BCUT2D eigenvalue weighted by atomic mass is 10.0. The molecule has 3 aromatic rings. The van der Waals surface area contributed by atoms with Crippen LogP contribution >= 0.6 is 34.2 Å². The van der Waals surface area contributed by atoms with Gasteiger partial charge in [0, 0.05) is 37.4 Å². The van der Waals surface area contributed by atoms with E-state index in [4.69, 9.17) is 31.6 Å². The van der Waals surface area contributed by atoms with Crippen molar-refractivity contribution in [3.63, 3.8) is 0 Å². The Balaban J connectivity index is 1.38. The van der Waals surface area contributed by atoms with Gasteiger partial charge in [-0.25, -0.2) is 13.6 Å². The summed E-state index contributed by atoms with van der Waals surface area (Å²) in [4.78, 5) is 6.57. The summed E-state index contributed by atoms with van der Waals surface area (Å²) in [7, 11) is -3.95. The van der Waals surface area contributed by atoms with Gasteiger partial charge in [-0.1, -0.05) is 11.6 Å². The zero-order valence-corrected chi connectivity index (χ0v) is 21.7. The molecule has 0 amide bonds. The first-order chi connectivity index (χ1) is 15.6. The molecule has 1 saturated heterocycles. The molecule has 0 aliphatic carbocycles. The SMILES string of the molecule is CCOc1cc(CN2CCC(Nc3nc4cc(Cl)c(S(N)(=O)=O)cc4o3)CC2)cc(N)c1I. The van der Waals surface area contributed by atoms with Crippen LogP contribution in [0, 0.1) is 3.57 Å². The van der Waals surface area contributed by atoms with Gasteiger partial charge < -0.3 is 20.2 Å². The number of oxazole rings is 1. The highest BCUT2D eigenvalue weighted by molar-refractivity contribution is 14.1. The summed E-state index contributed by atoms with van der Waals surface area (Å²) in [6, 6.07) is 7.33. The first kappa shape index (κ1) is 24.3. The molecular weight excluding hydrogens is 581 g/mol. The molecular formula is C21H25ClIN5O4S. The maximum Gasteiger partial charge on any atom is 0.295 e. The summed E-state index contributed by atoms with van der Waals surface area (Å²) in [5.41, 5.74) is 8.79. The molecule has 1 fully saturated rings. The van der Waals surface area contributed by atoms with Crippen LogP contribution in [0.25, 0.3) is 11.1 Å². The lowest BCUT2D eigenvalue weighted by molar-refractivity contribution is 0.210. The Hall–Kier alpha value is -1.80. The van der Waals surface area contributed by atoms with Gasteiger partial charge in [0.2, 0.25) is 10.0 Å². The van der Waals surface area contributed by atoms with Gasteiger partial charge in [0.1, 0.15) is 16.2 Å². The topological polar surface area (TPSA) is 137 Å². The summed E-state index contributed by atoms with van der Waals surface area (Å²) in [5.74, 6) is 0.825. The number of nitrogens with one attached hydrogen (secondary N) is 1. The number of nitrogens with two attached hydrogens (primary N) is 2. The van der Waals surface area contributed by atoms with Crippen LogP contribution in [0.5, 0.6) is 5.75 Å². The molecule has 1 aliphatic rings. The van der Waals surface area contributed by atoms with Crippen molar-refractivity contribution in [1.29, 1.82) is 0 Å². The number of anilines is 2. The van der Waals surface area contributed by atoms with Crippen LogP contribution in [0.15, 0.2) is 33.6 Å². The fourth-order valence-electron chi connectivity index (χ4n) is 3.91. The Labute approximate surface area is 211 Å². The summed E-state index contributed by atoms with van der Waals surface area (Å²) in [6.07, 6.45) is 1.81. The standard InChI is InChI=1S/C21H25ClIN5O4S/c1-2-31-18-8-12(7-15(24)20(18)23)11-28-5-3-13(4-6-28)26-21-27-16-9-14(22)19(33(25,29)30)10-17(16)32-21/h7-10,13H,2-6,11,24H2,1H3,(H,26,27)(H2,25,29,30). The number of fused-ring (bicyclic) bond motifs is 1. The van der Waals surface area contributed by atoms with Crippen molar-refractivity contribution in [3.05, 3.63) is 38.4 Å². The largest absolute Gasteiger partial charge is 0.493 e. The van der Waals surface area contributed by atoms with Crippen LogP contribution in [0.1, 0.15) is 25.3 Å². The molecule has 1 aromatic heterocycles. The Morgan fingerprint density at radius 3 is 2.70 bits per heavy atom. The average molecular weight is 606 g/mol. The highest BCUT2D eigenvalue weighted by atomic mass is 127. The number of aromatic nitrogens is 1. The van der Waals surface area contributed by atoms with Crippen molar-refractivity contribution in [2.24, 2.45) is 5.14 Å². The number of nitrogens with zero attached hydrogens (tertiary/aromatic N) is 2. The minimum atomic E-state index is -3.95. The molecule has 0 unspecified atom stereocenters. The normalized spacial score (nSPS) is 15.8.